The summed E-state index contributed by atoms with van der Waals surface area (Å²) >= 11 is 1.57. The lowest BCUT2D eigenvalue weighted by atomic mass is 9.90. The van der Waals surface area contributed by atoms with Gasteiger partial charge in [-0.15, -0.1) is 11.3 Å². The number of carbonyl (C=O) groups is 3. The quantitative estimate of drug-likeness (QED) is 0.265. The largest absolute Gasteiger partial charge is 0.472 e. The third-order valence-electron chi connectivity index (χ3n) is 11.6. The summed E-state index contributed by atoms with van der Waals surface area (Å²) in [5, 5.41) is 4.79. The van der Waals surface area contributed by atoms with Gasteiger partial charge in [0.2, 0.25) is 27.7 Å². The summed E-state index contributed by atoms with van der Waals surface area (Å²) in [6.07, 6.45) is 11.4. The summed E-state index contributed by atoms with van der Waals surface area (Å²) in [6, 6.07) is 8.89. The van der Waals surface area contributed by atoms with Crippen LogP contribution in [0.1, 0.15) is 103 Å². The van der Waals surface area contributed by atoms with E-state index in [0.717, 1.165) is 47.2 Å². The molecule has 278 valence electrons. The van der Waals surface area contributed by atoms with Crippen molar-refractivity contribution in [3.05, 3.63) is 64.8 Å². The van der Waals surface area contributed by atoms with E-state index in [2.05, 4.69) is 41.9 Å². The Hall–Kier alpha value is -3.64. The average molecular weight is 747 g/mol. The Labute approximate surface area is 310 Å². The van der Waals surface area contributed by atoms with Gasteiger partial charge in [0.1, 0.15) is 6.10 Å². The van der Waals surface area contributed by atoms with Crippen LogP contribution in [-0.2, 0) is 36.2 Å². The van der Waals surface area contributed by atoms with Crippen LogP contribution in [0.5, 0.6) is 5.88 Å². The number of allylic oxidation sites excluding steroid dienone is 2. The first-order valence-corrected chi connectivity index (χ1v) is 21.1. The van der Waals surface area contributed by atoms with Crippen LogP contribution in [0.2, 0.25) is 0 Å². The van der Waals surface area contributed by atoms with Crippen LogP contribution in [0.3, 0.4) is 0 Å². The van der Waals surface area contributed by atoms with Gasteiger partial charge in [-0.3, -0.25) is 19.1 Å². The Morgan fingerprint density at radius 2 is 1.90 bits per heavy atom. The van der Waals surface area contributed by atoms with Gasteiger partial charge in [0.05, 0.1) is 33.5 Å². The number of thiazole rings is 1. The van der Waals surface area contributed by atoms with Gasteiger partial charge in [0.25, 0.3) is 0 Å². The van der Waals surface area contributed by atoms with Gasteiger partial charge in [-0.2, -0.15) is 0 Å². The van der Waals surface area contributed by atoms with E-state index in [4.69, 9.17) is 9.72 Å². The number of ketones is 1. The summed E-state index contributed by atoms with van der Waals surface area (Å²) in [5.74, 6) is -1.15. The first kappa shape index (κ1) is 36.7. The fourth-order valence-electron chi connectivity index (χ4n) is 7.72. The molecule has 10 nitrogen and oxygen atoms in total. The minimum absolute atomic E-state index is 0.106. The number of carbonyl (C=O) groups excluding carboxylic acids is 3. The molecule has 12 heteroatoms. The number of sulfonamides is 1. The highest BCUT2D eigenvalue weighted by atomic mass is 32.2. The highest BCUT2D eigenvalue weighted by Crippen LogP contribution is 2.57. The van der Waals surface area contributed by atoms with Gasteiger partial charge in [-0.1, -0.05) is 64.0 Å². The first-order chi connectivity index (χ1) is 24.7. The number of hydrogen-bond donors (Lipinski definition) is 1. The molecule has 0 unspecified atom stereocenters. The minimum Gasteiger partial charge on any atom is -0.472 e. The topological polar surface area (TPSA) is 136 Å². The van der Waals surface area contributed by atoms with E-state index in [0.29, 0.717) is 38.0 Å². The monoisotopic (exact) mass is 746 g/mol. The van der Waals surface area contributed by atoms with Crippen molar-refractivity contribution in [3.8, 4) is 5.88 Å². The van der Waals surface area contributed by atoms with Crippen LogP contribution in [0.4, 0.5) is 0 Å². The maximum atomic E-state index is 14.7. The second-order valence-corrected chi connectivity index (χ2v) is 19.8. The summed E-state index contributed by atoms with van der Waals surface area (Å²) in [7, 11) is -3.89. The minimum atomic E-state index is -3.89. The smallest absolute Gasteiger partial charge is 0.240 e. The van der Waals surface area contributed by atoms with Crippen molar-refractivity contribution in [2.24, 2.45) is 17.3 Å². The molecule has 4 heterocycles. The van der Waals surface area contributed by atoms with Gasteiger partial charge < -0.3 is 9.64 Å². The van der Waals surface area contributed by atoms with E-state index in [1.807, 2.05) is 36.4 Å². The van der Waals surface area contributed by atoms with Crippen molar-refractivity contribution >= 4 is 49.7 Å². The number of ether oxygens (including phenoxy) is 1. The van der Waals surface area contributed by atoms with E-state index < -0.39 is 38.2 Å². The molecule has 2 aliphatic carbocycles. The number of nitrogens with zero attached hydrogens (tertiary/aromatic N) is 3. The summed E-state index contributed by atoms with van der Waals surface area (Å²) in [5.41, 5.74) is -0.297. The number of pyridine rings is 1. The van der Waals surface area contributed by atoms with Gasteiger partial charge in [0, 0.05) is 47.6 Å². The second kappa shape index (κ2) is 14.0. The van der Waals surface area contributed by atoms with Crippen molar-refractivity contribution in [3.63, 3.8) is 0 Å². The lowest BCUT2D eigenvalue weighted by molar-refractivity contribution is -0.142. The normalized spacial score (nSPS) is 28.7. The third-order valence-corrected chi connectivity index (χ3v) is 14.7. The molecule has 1 saturated heterocycles. The number of benzene rings is 1. The van der Waals surface area contributed by atoms with Crippen LogP contribution in [0, 0.1) is 17.3 Å². The summed E-state index contributed by atoms with van der Waals surface area (Å²) < 4.78 is 34.3. The lowest BCUT2D eigenvalue weighted by Gasteiger charge is -2.29. The fourth-order valence-corrected chi connectivity index (χ4v) is 10.2. The van der Waals surface area contributed by atoms with E-state index in [1.54, 1.807) is 29.4 Å². The van der Waals surface area contributed by atoms with Gasteiger partial charge >= 0.3 is 0 Å². The van der Waals surface area contributed by atoms with Crippen molar-refractivity contribution in [1.29, 1.82) is 0 Å². The SMILES string of the molecule is CC(C)(C)c1csc(C[C@H]2CCCCC/C=C\[C@@H]3C[C@@]3(C(=O)NS(=O)(=O)C3(C)CC3)CC(=O)[C@@H]3C[C@@H](Oc4nccc5ccccc45)CN3C2=O)n1. The van der Waals surface area contributed by atoms with Crippen molar-refractivity contribution in [2.75, 3.05) is 6.54 Å². The van der Waals surface area contributed by atoms with E-state index in [9.17, 15) is 22.8 Å². The zero-order chi connectivity index (χ0) is 36.9. The van der Waals surface area contributed by atoms with Crippen molar-refractivity contribution in [2.45, 2.75) is 121 Å². The molecule has 2 aliphatic heterocycles. The summed E-state index contributed by atoms with van der Waals surface area (Å²) in [4.78, 5) is 54.3. The van der Waals surface area contributed by atoms with E-state index in [-0.39, 0.29) is 48.3 Å². The number of rotatable bonds is 7. The standard InChI is InChI=1S/C40H50N4O6S2/c1-38(2,3)33-25-51-34(42-33)20-27-13-8-6-5-7-9-14-28-22-40(28,37(47)43-52(48,49)39(4)17-18-39)23-32(45)31-21-29(24-44(31)36(27)46)50-35-30-15-11-10-12-26(30)16-19-41-35/h9-12,14-16,19,25,27-29,31H,5-8,13,17-18,20-24H2,1-4H3,(H,43,47)/b14-9-/t27-,28-,29-,31+,40-/m1/s1. The molecule has 0 bridgehead atoms. The molecule has 2 amide bonds. The Morgan fingerprint density at radius 1 is 1.12 bits per heavy atom. The number of amides is 2. The predicted molar refractivity (Wildman–Crippen MR) is 201 cm³/mol. The highest BCUT2D eigenvalue weighted by molar-refractivity contribution is 7.91. The molecule has 3 aromatic rings. The van der Waals surface area contributed by atoms with E-state index >= 15 is 0 Å². The predicted octanol–water partition coefficient (Wildman–Crippen LogP) is 6.68. The van der Waals surface area contributed by atoms with Gasteiger partial charge in [-0.05, 0) is 68.9 Å². The Kier molecular flexibility index (Phi) is 9.86. The first-order valence-electron chi connectivity index (χ1n) is 18.7. The molecule has 1 aromatic carbocycles. The van der Waals surface area contributed by atoms with Crippen LogP contribution >= 0.6 is 11.3 Å². The van der Waals surface area contributed by atoms with Gasteiger partial charge in [-0.25, -0.2) is 18.4 Å². The molecule has 7 rings (SSSR count). The second-order valence-electron chi connectivity index (χ2n) is 16.7. The highest BCUT2D eigenvalue weighted by Gasteiger charge is 2.62. The molecular weight excluding hydrogens is 697 g/mol. The van der Waals surface area contributed by atoms with Crippen molar-refractivity contribution in [1.82, 2.24) is 19.6 Å². The van der Waals surface area contributed by atoms with E-state index in [1.165, 1.54) is 0 Å². The lowest BCUT2D eigenvalue weighted by Crippen LogP contribution is -2.47. The molecular formula is C40H50N4O6S2. The molecule has 0 spiro atoms. The Morgan fingerprint density at radius 3 is 2.65 bits per heavy atom. The number of hydrogen-bond acceptors (Lipinski definition) is 9. The van der Waals surface area contributed by atoms with Crippen LogP contribution in [-0.4, -0.2) is 64.3 Å². The summed E-state index contributed by atoms with van der Waals surface area (Å²) in [6.45, 7) is 8.22. The number of Topliss-reactive ketones (excluding diaryl/α,β-unsaturated/α-hetero) is 1. The molecule has 1 N–H and O–H groups in total. The molecule has 2 aromatic heterocycles. The number of aromatic nitrogens is 2. The molecule has 2 saturated carbocycles. The Balaban J connectivity index is 1.20. The maximum Gasteiger partial charge on any atom is 0.240 e. The molecule has 5 atom stereocenters. The maximum absolute atomic E-state index is 14.7. The zero-order valence-electron chi connectivity index (χ0n) is 30.6. The van der Waals surface area contributed by atoms with Gasteiger partial charge in [0.15, 0.2) is 5.78 Å². The van der Waals surface area contributed by atoms with Crippen LogP contribution < -0.4 is 9.46 Å². The van der Waals surface area contributed by atoms with Crippen LogP contribution in [0.25, 0.3) is 10.8 Å². The van der Waals surface area contributed by atoms with Crippen molar-refractivity contribution < 1.29 is 27.5 Å². The number of fused-ring (bicyclic) bond motifs is 3. The molecule has 52 heavy (non-hydrogen) atoms. The Bertz CT molecular complexity index is 1990. The molecule has 4 aliphatic rings. The molecule has 3 fully saturated rings. The fraction of sp³-hybridized carbons (Fsp3) is 0.575. The van der Waals surface area contributed by atoms with Crippen LogP contribution in [0.15, 0.2) is 54.1 Å². The zero-order valence-corrected chi connectivity index (χ0v) is 32.2. The number of nitrogens with one attached hydrogen (secondary N) is 1. The third kappa shape index (κ3) is 7.42. The molecule has 0 radical (unpaired) electrons. The average Bonchev–Trinajstić information content (AvgIpc) is 3.88.